The Labute approximate surface area is 188 Å². The monoisotopic (exact) mass is 441 g/mol. The fourth-order valence-corrected chi connectivity index (χ4v) is 5.26. The van der Waals surface area contributed by atoms with Crippen LogP contribution < -0.4 is 4.90 Å². The Morgan fingerprint density at radius 2 is 1.75 bits per heavy atom. The van der Waals surface area contributed by atoms with Gasteiger partial charge in [-0.3, -0.25) is 14.5 Å². The van der Waals surface area contributed by atoms with Crippen molar-refractivity contribution < 1.29 is 18.5 Å². The first-order valence-electron chi connectivity index (χ1n) is 11.7. The predicted molar refractivity (Wildman–Crippen MR) is 120 cm³/mol. The molecule has 1 aliphatic heterocycles. The van der Waals surface area contributed by atoms with Gasteiger partial charge in [0.25, 0.3) is 0 Å². The van der Waals surface area contributed by atoms with Gasteiger partial charge in [-0.15, -0.1) is 0 Å². The summed E-state index contributed by atoms with van der Waals surface area (Å²) in [5.74, 6) is 1.18. The van der Waals surface area contributed by atoms with Crippen LogP contribution >= 0.6 is 0 Å². The molecule has 0 spiro atoms. The third-order valence-corrected chi connectivity index (χ3v) is 7.13. The first-order chi connectivity index (χ1) is 15.5. The van der Waals surface area contributed by atoms with E-state index >= 15 is 0 Å². The van der Waals surface area contributed by atoms with Crippen molar-refractivity contribution in [1.82, 2.24) is 10.1 Å². The van der Waals surface area contributed by atoms with Crippen LogP contribution in [0.25, 0.3) is 0 Å². The van der Waals surface area contributed by atoms with E-state index in [-0.39, 0.29) is 29.5 Å². The van der Waals surface area contributed by atoms with E-state index in [2.05, 4.69) is 10.1 Å². The third-order valence-electron chi connectivity index (χ3n) is 7.13. The summed E-state index contributed by atoms with van der Waals surface area (Å²) >= 11 is 0. The van der Waals surface area contributed by atoms with E-state index in [4.69, 9.17) is 4.52 Å². The zero-order valence-corrected chi connectivity index (χ0v) is 18.7. The molecule has 1 aromatic carbocycles. The van der Waals surface area contributed by atoms with Crippen molar-refractivity contribution in [2.45, 2.75) is 57.9 Å². The second-order valence-electron chi connectivity index (χ2n) is 9.20. The van der Waals surface area contributed by atoms with Crippen LogP contribution in [-0.4, -0.2) is 47.4 Å². The lowest BCUT2D eigenvalue weighted by Crippen LogP contribution is -2.42. The average molecular weight is 442 g/mol. The molecule has 4 rings (SSSR count). The number of rotatable bonds is 7. The van der Waals surface area contributed by atoms with E-state index in [1.807, 2.05) is 0 Å². The van der Waals surface area contributed by atoms with Crippen LogP contribution in [0, 0.1) is 17.7 Å². The van der Waals surface area contributed by atoms with Gasteiger partial charge in [-0.1, -0.05) is 5.16 Å². The van der Waals surface area contributed by atoms with Crippen LogP contribution in [0.4, 0.5) is 10.2 Å². The van der Waals surface area contributed by atoms with Crippen LogP contribution in [0.2, 0.25) is 0 Å². The quantitative estimate of drug-likeness (QED) is 0.582. The molecule has 2 aromatic rings. The molecular weight excluding hydrogens is 409 g/mol. The molecule has 6 nitrogen and oxygen atoms in total. The van der Waals surface area contributed by atoms with Crippen molar-refractivity contribution in [2.75, 3.05) is 24.5 Å². The third kappa shape index (κ3) is 5.44. The first kappa shape index (κ1) is 22.6. The number of benzene rings is 1. The minimum absolute atomic E-state index is 0.0143. The number of carbonyl (C=O) groups excluding carboxylic acids is 2. The Balaban J connectivity index is 1.19. The summed E-state index contributed by atoms with van der Waals surface area (Å²) in [6.07, 6.45) is 8.62. The Hall–Kier alpha value is -2.54. The Morgan fingerprint density at radius 3 is 2.34 bits per heavy atom. The number of piperidine rings is 1. The van der Waals surface area contributed by atoms with Gasteiger partial charge >= 0.3 is 0 Å². The lowest BCUT2D eigenvalue weighted by molar-refractivity contribution is -0.117. The van der Waals surface area contributed by atoms with E-state index in [0.717, 1.165) is 64.6 Å². The average Bonchev–Trinajstić information content (AvgIpc) is 3.33. The van der Waals surface area contributed by atoms with Gasteiger partial charge in [0.05, 0.1) is 0 Å². The lowest BCUT2D eigenvalue weighted by atomic mass is 9.83. The fourth-order valence-electron chi connectivity index (χ4n) is 5.26. The molecule has 2 fully saturated rings. The van der Waals surface area contributed by atoms with Gasteiger partial charge in [0, 0.05) is 30.5 Å². The van der Waals surface area contributed by atoms with Gasteiger partial charge in [0.2, 0.25) is 5.91 Å². The van der Waals surface area contributed by atoms with Crippen molar-refractivity contribution in [3.8, 4) is 0 Å². The second-order valence-corrected chi connectivity index (χ2v) is 9.20. The van der Waals surface area contributed by atoms with E-state index in [9.17, 15) is 14.0 Å². The van der Waals surface area contributed by atoms with E-state index in [1.54, 1.807) is 30.0 Å². The highest BCUT2D eigenvalue weighted by Crippen LogP contribution is 2.32. The molecule has 2 aliphatic rings. The van der Waals surface area contributed by atoms with Crippen LogP contribution in [0.5, 0.6) is 0 Å². The summed E-state index contributed by atoms with van der Waals surface area (Å²) in [5, 5.41) is 3.95. The molecule has 172 valence electrons. The number of likely N-dealkylation sites (tertiary alicyclic amines) is 1. The Kier molecular flexibility index (Phi) is 7.35. The molecule has 0 atom stereocenters. The van der Waals surface area contributed by atoms with Crippen molar-refractivity contribution >= 4 is 17.5 Å². The Morgan fingerprint density at radius 1 is 1.06 bits per heavy atom. The number of hydrogen-bond donors (Lipinski definition) is 0. The molecule has 1 amide bonds. The maximum atomic E-state index is 13.1. The van der Waals surface area contributed by atoms with Crippen LogP contribution in [0.15, 0.2) is 41.1 Å². The van der Waals surface area contributed by atoms with Crippen molar-refractivity contribution in [3.05, 3.63) is 48.0 Å². The first-order valence-corrected chi connectivity index (χ1v) is 11.7. The highest BCUT2D eigenvalue weighted by molar-refractivity contribution is 5.97. The summed E-state index contributed by atoms with van der Waals surface area (Å²) in [6, 6.07) is 7.85. The van der Waals surface area contributed by atoms with Gasteiger partial charge < -0.3 is 9.42 Å². The number of aromatic nitrogens is 1. The van der Waals surface area contributed by atoms with Gasteiger partial charge in [0.1, 0.15) is 12.1 Å². The van der Waals surface area contributed by atoms with Crippen molar-refractivity contribution in [1.29, 1.82) is 0 Å². The Bertz CT molecular complexity index is 884. The fraction of sp³-hybridized carbons (Fsp3) is 0.560. The molecule has 32 heavy (non-hydrogen) atoms. The highest BCUT2D eigenvalue weighted by atomic mass is 19.1. The number of nitrogens with zero attached hydrogens (tertiary/aromatic N) is 3. The summed E-state index contributed by atoms with van der Waals surface area (Å²) in [4.78, 5) is 29.0. The number of Topliss-reactive ketones (excluding diaryl/α,β-unsaturated/α-hetero) is 1. The smallest absolute Gasteiger partial charge is 0.225 e. The SMILES string of the molecule is CC(=O)N(c1ccon1)C1CCC(CCN2CCC(C(=O)c3ccc(F)cc3)CC2)CC1. The molecule has 0 radical (unpaired) electrons. The molecule has 0 bridgehead atoms. The topological polar surface area (TPSA) is 66.7 Å². The number of hydrogen-bond acceptors (Lipinski definition) is 5. The number of amides is 1. The molecule has 7 heteroatoms. The molecule has 0 unspecified atom stereocenters. The van der Waals surface area contributed by atoms with Gasteiger partial charge in [-0.05, 0) is 94.8 Å². The molecule has 1 aliphatic carbocycles. The zero-order valence-electron chi connectivity index (χ0n) is 18.7. The number of halogens is 1. The summed E-state index contributed by atoms with van der Waals surface area (Å²) < 4.78 is 18.0. The maximum absolute atomic E-state index is 13.1. The van der Waals surface area contributed by atoms with Gasteiger partial charge in [-0.2, -0.15) is 0 Å². The summed E-state index contributed by atoms with van der Waals surface area (Å²) in [6.45, 7) is 4.53. The summed E-state index contributed by atoms with van der Waals surface area (Å²) in [7, 11) is 0. The summed E-state index contributed by atoms with van der Waals surface area (Å²) in [5.41, 5.74) is 0.617. The maximum Gasteiger partial charge on any atom is 0.225 e. The standard InChI is InChI=1S/C25H32FN3O3/c1-18(30)29(24-13-17-32-27-24)23-8-2-19(3-9-23)10-14-28-15-11-21(12-16-28)25(31)20-4-6-22(26)7-5-20/h4-7,13,17,19,21,23H,2-3,8-12,14-16H2,1H3. The van der Waals surface area contributed by atoms with E-state index in [1.165, 1.54) is 18.4 Å². The van der Waals surface area contributed by atoms with Crippen molar-refractivity contribution in [3.63, 3.8) is 0 Å². The zero-order chi connectivity index (χ0) is 22.5. The van der Waals surface area contributed by atoms with Crippen LogP contribution in [-0.2, 0) is 4.79 Å². The minimum atomic E-state index is -0.308. The molecule has 1 aromatic heterocycles. The largest absolute Gasteiger partial charge is 0.363 e. The van der Waals surface area contributed by atoms with Gasteiger partial charge in [0.15, 0.2) is 11.6 Å². The molecule has 2 heterocycles. The van der Waals surface area contributed by atoms with Crippen LogP contribution in [0.3, 0.4) is 0 Å². The molecule has 1 saturated carbocycles. The minimum Gasteiger partial charge on any atom is -0.363 e. The molecule has 0 N–H and O–H groups in total. The number of anilines is 1. The number of carbonyl (C=O) groups is 2. The second kappa shape index (κ2) is 10.4. The normalized spacial score (nSPS) is 22.6. The number of ketones is 1. The molecule has 1 saturated heterocycles. The predicted octanol–water partition coefficient (Wildman–Crippen LogP) is 4.71. The lowest BCUT2D eigenvalue weighted by Gasteiger charge is -2.36. The van der Waals surface area contributed by atoms with Crippen LogP contribution in [0.1, 0.15) is 62.2 Å². The van der Waals surface area contributed by atoms with E-state index in [0.29, 0.717) is 17.3 Å². The van der Waals surface area contributed by atoms with Crippen molar-refractivity contribution in [2.24, 2.45) is 11.8 Å². The molecular formula is C25H32FN3O3. The van der Waals surface area contributed by atoms with E-state index < -0.39 is 0 Å². The highest BCUT2D eigenvalue weighted by Gasteiger charge is 2.30. The van der Waals surface area contributed by atoms with Gasteiger partial charge in [-0.25, -0.2) is 4.39 Å².